The molecule has 4 aromatic rings. The van der Waals surface area contributed by atoms with Gasteiger partial charge in [0.05, 0.1) is 32.6 Å². The topological polar surface area (TPSA) is 109 Å². The third-order valence-corrected chi connectivity index (χ3v) is 7.34. The van der Waals surface area contributed by atoms with Crippen LogP contribution in [0.3, 0.4) is 0 Å². The Morgan fingerprint density at radius 2 is 1.71 bits per heavy atom. The van der Waals surface area contributed by atoms with Gasteiger partial charge in [-0.2, -0.15) is 10.1 Å². The molecule has 0 radical (unpaired) electrons. The lowest BCUT2D eigenvalue weighted by molar-refractivity contribution is -0.113. The van der Waals surface area contributed by atoms with E-state index < -0.39 is 6.04 Å². The number of aromatic nitrogens is 3. The number of anilines is 2. The molecule has 10 nitrogen and oxygen atoms in total. The van der Waals surface area contributed by atoms with Gasteiger partial charge >= 0.3 is 0 Å². The zero-order valence-electron chi connectivity index (χ0n) is 22.7. The Labute approximate surface area is 246 Å². The largest absolute Gasteiger partial charge is 0.497 e. The van der Waals surface area contributed by atoms with Gasteiger partial charge in [0.1, 0.15) is 30.5 Å². The molecule has 12 heteroatoms. The molecule has 3 aromatic carbocycles. The first-order valence-electron chi connectivity index (χ1n) is 12.5. The summed E-state index contributed by atoms with van der Waals surface area (Å²) in [6.45, 7) is 1.95. The standard InChI is InChI=1S/C29H27Cl2N5O5/c1-16-26(28(37)35-22-13-18(38-2)9-11-23(22)39-3)27(36-29(34-16)32-15-33-36)17-8-10-24(25(12-17)40-4)41-14-19-20(30)6-5-7-21(19)31/h5-13,15,27H,14H2,1-4H3,(H,35,37)(H,32,33,34). The molecular weight excluding hydrogens is 569 g/mol. The SMILES string of the molecule is COc1ccc(OC)c(NC(=O)C2=C(C)Nc3ncnn3C2c2ccc(OCc3c(Cl)cccc3Cl)c(OC)c2)c1. The Bertz CT molecular complexity index is 1620. The lowest BCUT2D eigenvalue weighted by Crippen LogP contribution is -2.31. The summed E-state index contributed by atoms with van der Waals surface area (Å²) in [6.07, 6.45) is 1.43. The van der Waals surface area contributed by atoms with Crippen LogP contribution in [-0.2, 0) is 11.4 Å². The van der Waals surface area contributed by atoms with Gasteiger partial charge in [-0.25, -0.2) is 4.68 Å². The van der Waals surface area contributed by atoms with Gasteiger partial charge < -0.3 is 29.6 Å². The number of hydrogen-bond donors (Lipinski definition) is 2. The van der Waals surface area contributed by atoms with Crippen molar-refractivity contribution in [2.75, 3.05) is 32.0 Å². The molecule has 1 aromatic heterocycles. The second-order valence-corrected chi connectivity index (χ2v) is 9.83. The van der Waals surface area contributed by atoms with Gasteiger partial charge in [-0.1, -0.05) is 35.3 Å². The molecule has 0 saturated carbocycles. The van der Waals surface area contributed by atoms with Gasteiger partial charge in [-0.3, -0.25) is 4.79 Å². The molecule has 0 bridgehead atoms. The number of fused-ring (bicyclic) bond motifs is 1. The Morgan fingerprint density at radius 3 is 2.41 bits per heavy atom. The molecule has 1 aliphatic rings. The van der Waals surface area contributed by atoms with E-state index in [9.17, 15) is 4.79 Å². The maximum absolute atomic E-state index is 13.9. The summed E-state index contributed by atoms with van der Waals surface area (Å²) in [5, 5.41) is 11.5. The summed E-state index contributed by atoms with van der Waals surface area (Å²) in [7, 11) is 4.63. The summed E-state index contributed by atoms with van der Waals surface area (Å²) in [5.74, 6) is 2.13. The summed E-state index contributed by atoms with van der Waals surface area (Å²) in [4.78, 5) is 18.2. The average molecular weight is 596 g/mol. The Morgan fingerprint density at radius 1 is 0.976 bits per heavy atom. The number of allylic oxidation sites excluding steroid dienone is 1. The monoisotopic (exact) mass is 595 g/mol. The Hall–Kier alpha value is -4.41. The van der Waals surface area contributed by atoms with Crippen LogP contribution in [0.4, 0.5) is 11.6 Å². The molecule has 5 rings (SSSR count). The fourth-order valence-electron chi connectivity index (χ4n) is 4.59. The summed E-state index contributed by atoms with van der Waals surface area (Å²) >= 11 is 12.6. The molecule has 0 fully saturated rings. The number of nitrogens with zero attached hydrogens (tertiary/aromatic N) is 3. The third-order valence-electron chi connectivity index (χ3n) is 6.63. The van der Waals surface area contributed by atoms with Crippen LogP contribution < -0.4 is 29.6 Å². The van der Waals surface area contributed by atoms with Crippen LogP contribution in [-0.4, -0.2) is 42.0 Å². The van der Waals surface area contributed by atoms with Crippen LogP contribution in [0.1, 0.15) is 24.1 Å². The van der Waals surface area contributed by atoms with Gasteiger partial charge in [0, 0.05) is 27.4 Å². The Balaban J connectivity index is 1.49. The number of methoxy groups -OCH3 is 3. The van der Waals surface area contributed by atoms with Gasteiger partial charge in [0.15, 0.2) is 11.5 Å². The fourth-order valence-corrected chi connectivity index (χ4v) is 5.09. The molecule has 1 unspecified atom stereocenters. The van der Waals surface area contributed by atoms with Crippen molar-refractivity contribution in [3.05, 3.63) is 93.4 Å². The molecule has 0 aliphatic carbocycles. The summed E-state index contributed by atoms with van der Waals surface area (Å²) in [6, 6.07) is 15.2. The predicted molar refractivity (Wildman–Crippen MR) is 156 cm³/mol. The molecular formula is C29H27Cl2N5O5. The van der Waals surface area contributed by atoms with Crippen LogP contribution in [0.15, 0.2) is 72.2 Å². The highest BCUT2D eigenvalue weighted by atomic mass is 35.5. The van der Waals surface area contributed by atoms with Crippen molar-refractivity contribution in [3.8, 4) is 23.0 Å². The summed E-state index contributed by atoms with van der Waals surface area (Å²) < 4.78 is 24.1. The van der Waals surface area contributed by atoms with Crippen molar-refractivity contribution in [2.24, 2.45) is 0 Å². The van der Waals surface area contributed by atoms with E-state index in [0.29, 0.717) is 61.5 Å². The first-order chi connectivity index (χ1) is 19.8. The number of hydrogen-bond acceptors (Lipinski definition) is 8. The molecule has 0 spiro atoms. The maximum atomic E-state index is 13.9. The molecule has 1 atom stereocenters. The molecule has 2 heterocycles. The van der Waals surface area contributed by atoms with Crippen LogP contribution in [0.2, 0.25) is 10.0 Å². The van der Waals surface area contributed by atoms with Crippen LogP contribution in [0.5, 0.6) is 23.0 Å². The van der Waals surface area contributed by atoms with Crippen molar-refractivity contribution < 1.29 is 23.7 Å². The van der Waals surface area contributed by atoms with Gasteiger partial charge in [0.2, 0.25) is 5.95 Å². The second kappa shape index (κ2) is 12.0. The quantitative estimate of drug-likeness (QED) is 0.238. The lowest BCUT2D eigenvalue weighted by atomic mass is 9.94. The Kier molecular flexibility index (Phi) is 8.23. The molecule has 2 N–H and O–H groups in total. The van der Waals surface area contributed by atoms with E-state index >= 15 is 0 Å². The number of rotatable bonds is 9. The number of amides is 1. The third kappa shape index (κ3) is 5.61. The van der Waals surface area contributed by atoms with E-state index in [1.165, 1.54) is 13.4 Å². The molecule has 212 valence electrons. The number of ether oxygens (including phenoxy) is 4. The summed E-state index contributed by atoms with van der Waals surface area (Å²) in [5.41, 5.74) is 2.88. The van der Waals surface area contributed by atoms with Crippen LogP contribution in [0.25, 0.3) is 0 Å². The van der Waals surface area contributed by atoms with Crippen molar-refractivity contribution in [2.45, 2.75) is 19.6 Å². The molecule has 0 saturated heterocycles. The zero-order valence-corrected chi connectivity index (χ0v) is 24.2. The first-order valence-corrected chi connectivity index (χ1v) is 13.2. The number of benzene rings is 3. The van der Waals surface area contributed by atoms with Crippen molar-refractivity contribution in [3.63, 3.8) is 0 Å². The minimum Gasteiger partial charge on any atom is -0.497 e. The van der Waals surface area contributed by atoms with E-state index in [2.05, 4.69) is 20.7 Å². The van der Waals surface area contributed by atoms with Gasteiger partial charge in [-0.15, -0.1) is 0 Å². The maximum Gasteiger partial charge on any atom is 0.255 e. The normalized spacial score (nSPS) is 14.1. The highest BCUT2D eigenvalue weighted by Crippen LogP contribution is 2.40. The number of carbonyl (C=O) groups excluding carboxylic acids is 1. The molecule has 1 amide bonds. The number of halogens is 2. The van der Waals surface area contributed by atoms with E-state index in [1.54, 1.807) is 67.4 Å². The number of nitrogens with one attached hydrogen (secondary N) is 2. The van der Waals surface area contributed by atoms with E-state index in [1.807, 2.05) is 13.0 Å². The second-order valence-electron chi connectivity index (χ2n) is 9.01. The van der Waals surface area contributed by atoms with Crippen molar-refractivity contribution in [1.29, 1.82) is 0 Å². The van der Waals surface area contributed by atoms with Crippen LogP contribution >= 0.6 is 23.2 Å². The van der Waals surface area contributed by atoms with Crippen LogP contribution in [0, 0.1) is 0 Å². The lowest BCUT2D eigenvalue weighted by Gasteiger charge is -2.29. The average Bonchev–Trinajstić information content (AvgIpc) is 3.44. The highest BCUT2D eigenvalue weighted by molar-refractivity contribution is 6.35. The molecule has 41 heavy (non-hydrogen) atoms. The smallest absolute Gasteiger partial charge is 0.255 e. The van der Waals surface area contributed by atoms with E-state index in [4.69, 9.17) is 42.1 Å². The van der Waals surface area contributed by atoms with Gasteiger partial charge in [-0.05, 0) is 48.9 Å². The predicted octanol–water partition coefficient (Wildman–Crippen LogP) is 6.12. The zero-order chi connectivity index (χ0) is 29.1. The minimum atomic E-state index is -0.633. The van der Waals surface area contributed by atoms with Crippen molar-refractivity contribution in [1.82, 2.24) is 14.8 Å². The first kappa shape index (κ1) is 28.1. The van der Waals surface area contributed by atoms with Crippen molar-refractivity contribution >= 4 is 40.7 Å². The van der Waals surface area contributed by atoms with Gasteiger partial charge in [0.25, 0.3) is 5.91 Å². The minimum absolute atomic E-state index is 0.143. The van der Waals surface area contributed by atoms with E-state index in [-0.39, 0.29) is 12.5 Å². The molecule has 1 aliphatic heterocycles. The number of carbonyl (C=O) groups is 1. The highest BCUT2D eigenvalue weighted by Gasteiger charge is 2.34. The fraction of sp³-hybridized carbons (Fsp3) is 0.207. The van der Waals surface area contributed by atoms with E-state index in [0.717, 1.165) is 5.56 Å².